The monoisotopic (exact) mass is 347 g/mol. The molecule has 2 amide bonds. The van der Waals surface area contributed by atoms with Gasteiger partial charge in [-0.25, -0.2) is 0 Å². The summed E-state index contributed by atoms with van der Waals surface area (Å²) < 4.78 is 0. The molecule has 26 heavy (non-hydrogen) atoms. The van der Waals surface area contributed by atoms with Crippen LogP contribution in [0.25, 0.3) is 10.8 Å². The number of benzene rings is 3. The lowest BCUT2D eigenvalue weighted by atomic mass is 10.1. The van der Waals surface area contributed by atoms with Crippen LogP contribution in [0.4, 0.5) is 0 Å². The fourth-order valence-electron chi connectivity index (χ4n) is 2.78. The molecule has 0 heterocycles. The topological polar surface area (TPSA) is 61.4 Å². The molecule has 0 radical (unpaired) electrons. The second-order valence-corrected chi connectivity index (χ2v) is 6.22. The van der Waals surface area contributed by atoms with Crippen LogP contribution >= 0.6 is 0 Å². The predicted molar refractivity (Wildman–Crippen MR) is 102 cm³/mol. The van der Waals surface area contributed by atoms with Crippen molar-refractivity contribution in [2.24, 2.45) is 0 Å². The average molecular weight is 347 g/mol. The molecule has 0 fully saturated rings. The van der Waals surface area contributed by atoms with Crippen LogP contribution in [0, 0.1) is 0 Å². The van der Waals surface area contributed by atoms with E-state index in [0.717, 1.165) is 5.56 Å². The van der Waals surface area contributed by atoms with Gasteiger partial charge in [0.05, 0.1) is 6.54 Å². The first-order chi connectivity index (χ1) is 12.6. The fourth-order valence-corrected chi connectivity index (χ4v) is 2.78. The molecule has 132 valence electrons. The van der Waals surface area contributed by atoms with E-state index < -0.39 is 0 Å². The Morgan fingerprint density at radius 2 is 1.54 bits per heavy atom. The van der Waals surface area contributed by atoms with E-state index in [1.54, 1.807) is 24.3 Å². The third kappa shape index (κ3) is 4.68. The molecule has 0 spiro atoms. The van der Waals surface area contributed by atoms with Gasteiger partial charge in [0, 0.05) is 12.1 Å². The maximum absolute atomic E-state index is 12.0. The molecular formula is C21H21N3O2. The molecule has 3 aromatic rings. The molecule has 2 N–H and O–H groups in total. The van der Waals surface area contributed by atoms with Crippen molar-refractivity contribution in [2.75, 3.05) is 13.6 Å². The van der Waals surface area contributed by atoms with E-state index in [1.807, 2.05) is 30.1 Å². The molecule has 0 saturated heterocycles. The zero-order chi connectivity index (χ0) is 18.4. The largest absolute Gasteiger partial charge is 0.293 e. The van der Waals surface area contributed by atoms with Crippen LogP contribution in [0.2, 0.25) is 0 Å². The van der Waals surface area contributed by atoms with Gasteiger partial charge < -0.3 is 0 Å². The summed E-state index contributed by atoms with van der Waals surface area (Å²) in [5, 5.41) is 2.37. The quantitative estimate of drug-likeness (QED) is 0.698. The number of carbonyl (C=O) groups excluding carboxylic acids is 2. The third-order valence-corrected chi connectivity index (χ3v) is 4.03. The van der Waals surface area contributed by atoms with Gasteiger partial charge in [0.15, 0.2) is 0 Å². The van der Waals surface area contributed by atoms with Crippen molar-refractivity contribution >= 4 is 22.6 Å². The Hall–Kier alpha value is -3.18. The van der Waals surface area contributed by atoms with E-state index in [9.17, 15) is 9.59 Å². The number of hydrazine groups is 1. The zero-order valence-corrected chi connectivity index (χ0v) is 14.6. The Morgan fingerprint density at radius 1 is 0.846 bits per heavy atom. The number of nitrogens with zero attached hydrogens (tertiary/aromatic N) is 1. The minimum absolute atomic E-state index is 0.182. The van der Waals surface area contributed by atoms with Crippen molar-refractivity contribution in [2.45, 2.75) is 6.54 Å². The molecular weight excluding hydrogens is 326 g/mol. The second-order valence-electron chi connectivity index (χ2n) is 6.22. The highest BCUT2D eigenvalue weighted by Crippen LogP contribution is 2.16. The summed E-state index contributed by atoms with van der Waals surface area (Å²) >= 11 is 0. The summed E-state index contributed by atoms with van der Waals surface area (Å²) in [5.41, 5.74) is 6.50. The van der Waals surface area contributed by atoms with Crippen molar-refractivity contribution in [1.29, 1.82) is 0 Å². The molecule has 3 aromatic carbocycles. The first kappa shape index (κ1) is 17.6. The first-order valence-electron chi connectivity index (χ1n) is 8.42. The number of carbonyl (C=O) groups is 2. The van der Waals surface area contributed by atoms with Crippen molar-refractivity contribution in [3.05, 3.63) is 83.9 Å². The smallest absolute Gasteiger partial charge is 0.269 e. The minimum Gasteiger partial charge on any atom is -0.293 e. The molecule has 3 rings (SSSR count). The number of likely N-dealkylation sites (N-methyl/N-ethyl adjacent to an activating group) is 1. The van der Waals surface area contributed by atoms with E-state index in [1.165, 1.54) is 10.8 Å². The van der Waals surface area contributed by atoms with Gasteiger partial charge in [0.1, 0.15) is 0 Å². The van der Waals surface area contributed by atoms with Crippen LogP contribution in [-0.2, 0) is 11.3 Å². The SMILES string of the molecule is CN(CC(=O)NNC(=O)c1ccccc1)Cc1ccc2ccccc2c1. The van der Waals surface area contributed by atoms with Gasteiger partial charge >= 0.3 is 0 Å². The highest BCUT2D eigenvalue weighted by molar-refractivity contribution is 5.95. The van der Waals surface area contributed by atoms with E-state index >= 15 is 0 Å². The number of hydrogen-bond donors (Lipinski definition) is 2. The standard InChI is InChI=1S/C21H21N3O2/c1-24(14-16-11-12-17-7-5-6-10-19(17)13-16)15-20(25)22-23-21(26)18-8-3-2-4-9-18/h2-13H,14-15H2,1H3,(H,22,25)(H,23,26). The predicted octanol–water partition coefficient (Wildman–Crippen LogP) is 2.73. The lowest BCUT2D eigenvalue weighted by Crippen LogP contribution is -2.45. The number of rotatable bonds is 5. The van der Waals surface area contributed by atoms with Crippen molar-refractivity contribution < 1.29 is 9.59 Å². The molecule has 0 unspecified atom stereocenters. The maximum Gasteiger partial charge on any atom is 0.269 e. The molecule has 0 aliphatic rings. The van der Waals surface area contributed by atoms with Gasteiger partial charge in [-0.3, -0.25) is 25.3 Å². The fraction of sp³-hybridized carbons (Fsp3) is 0.143. The Balaban J connectivity index is 1.49. The number of amides is 2. The normalized spacial score (nSPS) is 10.7. The first-order valence-corrected chi connectivity index (χ1v) is 8.42. The molecule has 0 saturated carbocycles. The lowest BCUT2D eigenvalue weighted by Gasteiger charge is -2.17. The number of hydrogen-bond acceptors (Lipinski definition) is 3. The number of fused-ring (bicyclic) bond motifs is 1. The van der Waals surface area contributed by atoms with Crippen molar-refractivity contribution in [1.82, 2.24) is 15.8 Å². The van der Waals surface area contributed by atoms with Crippen molar-refractivity contribution in [3.8, 4) is 0 Å². The van der Waals surface area contributed by atoms with E-state index in [4.69, 9.17) is 0 Å². The molecule has 0 aliphatic carbocycles. The summed E-state index contributed by atoms with van der Waals surface area (Å²) in [5.74, 6) is -0.603. The van der Waals surface area contributed by atoms with Gasteiger partial charge in [-0.2, -0.15) is 0 Å². The minimum atomic E-state index is -0.337. The molecule has 5 heteroatoms. The summed E-state index contributed by atoms with van der Waals surface area (Å²) in [6.07, 6.45) is 0. The van der Waals surface area contributed by atoms with Gasteiger partial charge in [-0.05, 0) is 41.6 Å². The summed E-state index contributed by atoms with van der Waals surface area (Å²) in [7, 11) is 1.87. The summed E-state index contributed by atoms with van der Waals surface area (Å²) in [6, 6.07) is 23.2. The number of nitrogens with one attached hydrogen (secondary N) is 2. The van der Waals surface area contributed by atoms with Crippen LogP contribution < -0.4 is 10.9 Å². The van der Waals surface area contributed by atoms with Gasteiger partial charge in [-0.15, -0.1) is 0 Å². The zero-order valence-electron chi connectivity index (χ0n) is 14.6. The third-order valence-electron chi connectivity index (χ3n) is 4.03. The lowest BCUT2D eigenvalue weighted by molar-refractivity contribution is -0.122. The molecule has 0 aliphatic heterocycles. The van der Waals surface area contributed by atoms with Crippen LogP contribution in [0.3, 0.4) is 0 Å². The highest BCUT2D eigenvalue weighted by atomic mass is 16.2. The summed E-state index contributed by atoms with van der Waals surface area (Å²) in [6.45, 7) is 0.826. The van der Waals surface area contributed by atoms with Gasteiger partial charge in [0.25, 0.3) is 11.8 Å². The highest BCUT2D eigenvalue weighted by Gasteiger charge is 2.10. The molecule has 0 atom stereocenters. The Bertz CT molecular complexity index is 909. The van der Waals surface area contributed by atoms with Crippen LogP contribution in [0.5, 0.6) is 0 Å². The molecule has 0 bridgehead atoms. The maximum atomic E-state index is 12.0. The Labute approximate surface area is 152 Å². The van der Waals surface area contributed by atoms with Gasteiger partial charge in [-0.1, -0.05) is 54.6 Å². The van der Waals surface area contributed by atoms with E-state index in [0.29, 0.717) is 12.1 Å². The van der Waals surface area contributed by atoms with Crippen LogP contribution in [0.1, 0.15) is 15.9 Å². The van der Waals surface area contributed by atoms with Gasteiger partial charge in [0.2, 0.25) is 0 Å². The van der Waals surface area contributed by atoms with Crippen LogP contribution in [-0.4, -0.2) is 30.3 Å². The second kappa shape index (κ2) is 8.27. The molecule has 0 aromatic heterocycles. The summed E-state index contributed by atoms with van der Waals surface area (Å²) in [4.78, 5) is 25.8. The van der Waals surface area contributed by atoms with Crippen LogP contribution in [0.15, 0.2) is 72.8 Å². The van der Waals surface area contributed by atoms with E-state index in [-0.39, 0.29) is 18.4 Å². The van der Waals surface area contributed by atoms with E-state index in [2.05, 4.69) is 41.2 Å². The van der Waals surface area contributed by atoms with Crippen molar-refractivity contribution in [3.63, 3.8) is 0 Å². The Kier molecular flexibility index (Phi) is 5.61. The molecule has 5 nitrogen and oxygen atoms in total. The Morgan fingerprint density at radius 3 is 2.31 bits per heavy atom. The average Bonchev–Trinajstić information content (AvgIpc) is 2.66.